The van der Waals surface area contributed by atoms with E-state index in [1.54, 1.807) is 6.08 Å². The van der Waals surface area contributed by atoms with E-state index in [2.05, 4.69) is 27.2 Å². The normalized spacial score (nSPS) is 14.5. The van der Waals surface area contributed by atoms with Gasteiger partial charge in [-0.25, -0.2) is 14.6 Å². The van der Waals surface area contributed by atoms with Crippen LogP contribution in [-0.2, 0) is 17.6 Å². The fourth-order valence-corrected chi connectivity index (χ4v) is 3.26. The number of fused-ring (bicyclic) bond motifs is 2. The Hall–Kier alpha value is -3.22. The van der Waals surface area contributed by atoms with Gasteiger partial charge in [-0.15, -0.1) is 0 Å². The van der Waals surface area contributed by atoms with E-state index in [9.17, 15) is 4.79 Å². The van der Waals surface area contributed by atoms with E-state index in [0.717, 1.165) is 12.8 Å². The highest BCUT2D eigenvalue weighted by Crippen LogP contribution is 2.33. The Morgan fingerprint density at radius 2 is 1.92 bits per heavy atom. The number of primary amides is 1. The third-order valence-electron chi connectivity index (χ3n) is 4.33. The zero-order chi connectivity index (χ0) is 16.7. The first-order valence-electron chi connectivity index (χ1n) is 7.66. The van der Waals surface area contributed by atoms with Gasteiger partial charge in [0, 0.05) is 6.08 Å². The Kier molecular flexibility index (Phi) is 3.26. The molecule has 1 aliphatic carbocycles. The molecule has 24 heavy (non-hydrogen) atoms. The van der Waals surface area contributed by atoms with Crippen molar-refractivity contribution in [1.29, 1.82) is 0 Å². The number of carbonyl (C=O) groups is 1. The second-order valence-corrected chi connectivity index (χ2v) is 5.85. The molecule has 0 bridgehead atoms. The number of carbonyl (C=O) groups excluding carboxylic acids is 1. The van der Waals surface area contributed by atoms with Gasteiger partial charge in [0.25, 0.3) is 0 Å². The van der Waals surface area contributed by atoms with Gasteiger partial charge in [-0.1, -0.05) is 24.3 Å². The van der Waals surface area contributed by atoms with Crippen LogP contribution >= 0.6 is 0 Å². The number of nitrogens with zero attached hydrogens (tertiary/aromatic N) is 4. The molecule has 1 amide bonds. The molecule has 7 nitrogen and oxygen atoms in total. The predicted octanol–water partition coefficient (Wildman–Crippen LogP) is 1.25. The van der Waals surface area contributed by atoms with E-state index in [-0.39, 0.29) is 6.04 Å². The summed E-state index contributed by atoms with van der Waals surface area (Å²) < 4.78 is 1.88. The lowest BCUT2D eigenvalue weighted by Crippen LogP contribution is -2.11. The number of amides is 1. The highest BCUT2D eigenvalue weighted by molar-refractivity contribution is 5.97. The molecule has 7 heteroatoms. The van der Waals surface area contributed by atoms with Crippen molar-refractivity contribution in [3.63, 3.8) is 0 Å². The molecule has 0 aliphatic heterocycles. The molecular weight excluding hydrogens is 304 g/mol. The SMILES string of the molecule is NC(=O)C=Cc1nn(C2Cc3ccccc3C2)c2ncnc(N)c12. The van der Waals surface area contributed by atoms with Crippen molar-refractivity contribution in [1.82, 2.24) is 19.7 Å². The average molecular weight is 320 g/mol. The first-order valence-corrected chi connectivity index (χ1v) is 7.66. The molecule has 0 atom stereocenters. The van der Waals surface area contributed by atoms with Crippen LogP contribution in [0, 0.1) is 0 Å². The summed E-state index contributed by atoms with van der Waals surface area (Å²) in [4.78, 5) is 19.4. The number of rotatable bonds is 3. The topological polar surface area (TPSA) is 113 Å². The first-order chi connectivity index (χ1) is 11.6. The number of hydrogen-bond donors (Lipinski definition) is 2. The molecule has 120 valence electrons. The van der Waals surface area contributed by atoms with Gasteiger partial charge in [-0.3, -0.25) is 4.79 Å². The molecule has 0 spiro atoms. The summed E-state index contributed by atoms with van der Waals surface area (Å²) in [7, 11) is 0. The minimum Gasteiger partial charge on any atom is -0.383 e. The third kappa shape index (κ3) is 2.30. The number of aromatic nitrogens is 4. The predicted molar refractivity (Wildman–Crippen MR) is 90.9 cm³/mol. The van der Waals surface area contributed by atoms with Crippen molar-refractivity contribution in [3.05, 3.63) is 53.5 Å². The van der Waals surface area contributed by atoms with Gasteiger partial charge in [0.1, 0.15) is 12.1 Å². The number of nitrogen functional groups attached to an aromatic ring is 1. The Labute approximate surface area is 138 Å². The molecule has 2 aromatic heterocycles. The van der Waals surface area contributed by atoms with Crippen LogP contribution in [0.3, 0.4) is 0 Å². The summed E-state index contributed by atoms with van der Waals surface area (Å²) in [5.41, 5.74) is 15.1. The Balaban J connectivity index is 1.82. The highest BCUT2D eigenvalue weighted by Gasteiger charge is 2.26. The zero-order valence-electron chi connectivity index (χ0n) is 12.9. The second-order valence-electron chi connectivity index (χ2n) is 5.85. The summed E-state index contributed by atoms with van der Waals surface area (Å²) in [6.45, 7) is 0. The van der Waals surface area contributed by atoms with E-state index in [1.165, 1.54) is 23.5 Å². The smallest absolute Gasteiger partial charge is 0.241 e. The van der Waals surface area contributed by atoms with Crippen molar-refractivity contribution in [2.24, 2.45) is 5.73 Å². The van der Waals surface area contributed by atoms with Gasteiger partial charge in [-0.05, 0) is 30.0 Å². The lowest BCUT2D eigenvalue weighted by atomic mass is 10.1. The fraction of sp³-hybridized carbons (Fsp3) is 0.176. The van der Waals surface area contributed by atoms with E-state index >= 15 is 0 Å². The van der Waals surface area contributed by atoms with Crippen LogP contribution in [0.15, 0.2) is 36.7 Å². The van der Waals surface area contributed by atoms with Gasteiger partial charge in [0.05, 0.1) is 17.1 Å². The minimum absolute atomic E-state index is 0.162. The van der Waals surface area contributed by atoms with Crippen LogP contribution in [0.5, 0.6) is 0 Å². The number of anilines is 1. The largest absolute Gasteiger partial charge is 0.383 e. The van der Waals surface area contributed by atoms with Crippen molar-refractivity contribution in [3.8, 4) is 0 Å². The van der Waals surface area contributed by atoms with Gasteiger partial charge < -0.3 is 11.5 Å². The van der Waals surface area contributed by atoms with Gasteiger partial charge in [-0.2, -0.15) is 5.10 Å². The second kappa shape index (κ2) is 5.45. The van der Waals surface area contributed by atoms with Crippen LogP contribution in [0.25, 0.3) is 17.1 Å². The molecule has 0 saturated carbocycles. The van der Waals surface area contributed by atoms with Crippen LogP contribution in [0.1, 0.15) is 22.9 Å². The van der Waals surface area contributed by atoms with E-state index in [1.807, 2.05) is 16.8 Å². The van der Waals surface area contributed by atoms with Crippen molar-refractivity contribution >= 4 is 28.8 Å². The third-order valence-corrected chi connectivity index (χ3v) is 4.33. The van der Waals surface area contributed by atoms with Crippen LogP contribution in [0.4, 0.5) is 5.82 Å². The van der Waals surface area contributed by atoms with Crippen LogP contribution in [-0.4, -0.2) is 25.7 Å². The molecule has 1 aromatic carbocycles. The number of nitrogens with two attached hydrogens (primary N) is 2. The minimum atomic E-state index is -0.540. The summed E-state index contributed by atoms with van der Waals surface area (Å²) in [5, 5.41) is 5.27. The molecule has 0 fully saturated rings. The standard InChI is InChI=1S/C17H16N6O/c18-14(24)6-5-13-15-16(19)20-9-21-17(15)23(22-13)12-7-10-3-1-2-4-11(10)8-12/h1-6,9,12H,7-8H2,(H2,18,24)(H2,19,20,21). The van der Waals surface area contributed by atoms with Crippen LogP contribution < -0.4 is 11.5 Å². The monoisotopic (exact) mass is 320 g/mol. The van der Waals surface area contributed by atoms with Crippen LogP contribution in [0.2, 0.25) is 0 Å². The van der Waals surface area contributed by atoms with E-state index in [0.29, 0.717) is 22.5 Å². The molecule has 2 heterocycles. The van der Waals surface area contributed by atoms with Crippen molar-refractivity contribution in [2.75, 3.05) is 5.73 Å². The lowest BCUT2D eigenvalue weighted by molar-refractivity contribution is -0.113. The van der Waals surface area contributed by atoms with Gasteiger partial charge in [0.15, 0.2) is 5.65 Å². The van der Waals surface area contributed by atoms with Gasteiger partial charge >= 0.3 is 0 Å². The zero-order valence-corrected chi connectivity index (χ0v) is 12.9. The number of hydrogen-bond acceptors (Lipinski definition) is 5. The van der Waals surface area contributed by atoms with Crippen molar-refractivity contribution < 1.29 is 4.79 Å². The maximum Gasteiger partial charge on any atom is 0.241 e. The first kappa shape index (κ1) is 14.4. The molecule has 3 aromatic rings. The Morgan fingerprint density at radius 1 is 1.21 bits per heavy atom. The molecular formula is C17H16N6O. The van der Waals surface area contributed by atoms with Crippen molar-refractivity contribution in [2.45, 2.75) is 18.9 Å². The van der Waals surface area contributed by atoms with E-state index < -0.39 is 5.91 Å². The Bertz CT molecular complexity index is 949. The Morgan fingerprint density at radius 3 is 2.58 bits per heavy atom. The molecule has 0 saturated heterocycles. The molecule has 4 rings (SSSR count). The summed E-state index contributed by atoms with van der Waals surface area (Å²) >= 11 is 0. The quantitative estimate of drug-likeness (QED) is 0.705. The maximum absolute atomic E-state index is 11.0. The molecule has 0 unspecified atom stereocenters. The molecule has 4 N–H and O–H groups in total. The highest BCUT2D eigenvalue weighted by atomic mass is 16.1. The molecule has 1 aliphatic rings. The van der Waals surface area contributed by atoms with E-state index in [4.69, 9.17) is 11.5 Å². The summed E-state index contributed by atoms with van der Waals surface area (Å²) in [5.74, 6) is -0.202. The average Bonchev–Trinajstić information content (AvgIpc) is 3.14. The van der Waals surface area contributed by atoms with Gasteiger partial charge in [0.2, 0.25) is 5.91 Å². The summed E-state index contributed by atoms with van der Waals surface area (Å²) in [6.07, 6.45) is 6.02. The fourth-order valence-electron chi connectivity index (χ4n) is 3.26. The maximum atomic E-state index is 11.0. The number of benzene rings is 1. The molecule has 0 radical (unpaired) electrons. The summed E-state index contributed by atoms with van der Waals surface area (Å²) in [6, 6.07) is 8.53. The lowest BCUT2D eigenvalue weighted by Gasteiger charge is -2.10.